The van der Waals surface area contributed by atoms with Gasteiger partial charge in [0.05, 0.1) is 0 Å². The fourth-order valence-electron chi connectivity index (χ4n) is 2.15. The number of carbonyl (C=O) groups is 1. The van der Waals surface area contributed by atoms with E-state index in [0.29, 0.717) is 30.3 Å². The van der Waals surface area contributed by atoms with E-state index in [1.165, 1.54) is 0 Å². The number of carbonyl (C=O) groups excluding carboxylic acids is 1. The van der Waals surface area contributed by atoms with E-state index in [0.717, 1.165) is 6.42 Å². The number of hydrogen-bond donors (Lipinski definition) is 2. The Bertz CT molecular complexity index is 477. The molecular weight excluding hydrogens is 266 g/mol. The van der Waals surface area contributed by atoms with Crippen LogP contribution in [0.1, 0.15) is 26.7 Å². The summed E-state index contributed by atoms with van der Waals surface area (Å²) in [5.41, 5.74) is 6.42. The molecule has 0 saturated carbocycles. The summed E-state index contributed by atoms with van der Waals surface area (Å²) < 4.78 is 5.15. The Hall–Kier alpha value is -2.06. The van der Waals surface area contributed by atoms with Crippen LogP contribution in [0.15, 0.2) is 24.3 Å². The van der Waals surface area contributed by atoms with Gasteiger partial charge in [-0.05, 0) is 49.1 Å². The maximum Gasteiger partial charge on any atom is 0.224 e. The number of benzene rings is 1. The van der Waals surface area contributed by atoms with Crippen molar-refractivity contribution in [2.24, 2.45) is 17.6 Å². The van der Waals surface area contributed by atoms with E-state index in [-0.39, 0.29) is 18.4 Å². The van der Waals surface area contributed by atoms with Crippen molar-refractivity contribution in [1.29, 1.82) is 5.26 Å². The standard InChI is InChI=1S/C16H23N3O2/c1-12(2)9-13(11-18)10-16(20)19-14-3-5-15(6-4-14)21-8-7-17/h3-6,12-13H,8-11,18H2,1-2H3,(H,19,20). The van der Waals surface area contributed by atoms with Gasteiger partial charge in [0.1, 0.15) is 11.8 Å². The van der Waals surface area contributed by atoms with Crippen molar-refractivity contribution in [2.75, 3.05) is 18.5 Å². The van der Waals surface area contributed by atoms with E-state index < -0.39 is 0 Å². The number of nitrogens with one attached hydrogen (secondary N) is 1. The largest absolute Gasteiger partial charge is 0.479 e. The maximum atomic E-state index is 12.0. The molecule has 21 heavy (non-hydrogen) atoms. The van der Waals surface area contributed by atoms with Gasteiger partial charge in [-0.2, -0.15) is 5.26 Å². The summed E-state index contributed by atoms with van der Waals surface area (Å²) in [6, 6.07) is 8.86. The number of rotatable bonds is 8. The predicted octanol–water partition coefficient (Wildman–Crippen LogP) is 2.54. The molecule has 0 aromatic heterocycles. The van der Waals surface area contributed by atoms with E-state index in [4.69, 9.17) is 15.7 Å². The lowest BCUT2D eigenvalue weighted by atomic mass is 9.94. The molecule has 3 N–H and O–H groups in total. The Morgan fingerprint density at radius 1 is 1.38 bits per heavy atom. The second-order valence-corrected chi connectivity index (χ2v) is 5.45. The van der Waals surface area contributed by atoms with E-state index >= 15 is 0 Å². The molecule has 0 aliphatic carbocycles. The average molecular weight is 289 g/mol. The summed E-state index contributed by atoms with van der Waals surface area (Å²) in [5, 5.41) is 11.3. The topological polar surface area (TPSA) is 88.1 Å². The van der Waals surface area contributed by atoms with Gasteiger partial charge in [-0.15, -0.1) is 0 Å². The molecule has 5 nitrogen and oxygen atoms in total. The van der Waals surface area contributed by atoms with E-state index in [1.807, 2.05) is 6.07 Å². The summed E-state index contributed by atoms with van der Waals surface area (Å²) in [5.74, 6) is 1.32. The first-order valence-electron chi connectivity index (χ1n) is 7.14. The highest BCUT2D eigenvalue weighted by atomic mass is 16.5. The molecule has 1 aromatic carbocycles. The van der Waals surface area contributed by atoms with Gasteiger partial charge >= 0.3 is 0 Å². The lowest BCUT2D eigenvalue weighted by molar-refractivity contribution is -0.117. The first kappa shape index (κ1) is 17.0. The van der Waals surface area contributed by atoms with E-state index in [2.05, 4.69) is 19.2 Å². The minimum Gasteiger partial charge on any atom is -0.479 e. The lowest BCUT2D eigenvalue weighted by Crippen LogP contribution is -2.23. The molecule has 1 amide bonds. The number of nitriles is 1. The Labute approximate surface area is 126 Å². The van der Waals surface area contributed by atoms with Gasteiger partial charge in [0.2, 0.25) is 5.91 Å². The van der Waals surface area contributed by atoms with Gasteiger partial charge < -0.3 is 15.8 Å². The highest BCUT2D eigenvalue weighted by molar-refractivity contribution is 5.90. The van der Waals surface area contributed by atoms with Gasteiger partial charge in [-0.3, -0.25) is 4.79 Å². The predicted molar refractivity (Wildman–Crippen MR) is 82.8 cm³/mol. The zero-order valence-electron chi connectivity index (χ0n) is 12.6. The third kappa shape index (κ3) is 6.77. The van der Waals surface area contributed by atoms with Gasteiger partial charge in [0.25, 0.3) is 0 Å². The second-order valence-electron chi connectivity index (χ2n) is 5.45. The molecule has 0 fully saturated rings. The molecule has 1 aromatic rings. The molecule has 0 aliphatic heterocycles. The van der Waals surface area contributed by atoms with Crippen LogP contribution in [-0.2, 0) is 4.79 Å². The number of hydrogen-bond acceptors (Lipinski definition) is 4. The van der Waals surface area contributed by atoms with Crippen LogP contribution in [0.25, 0.3) is 0 Å². The van der Waals surface area contributed by atoms with Crippen molar-refractivity contribution in [2.45, 2.75) is 26.7 Å². The number of amides is 1. The minimum absolute atomic E-state index is 0.0130. The molecule has 5 heteroatoms. The highest BCUT2D eigenvalue weighted by Gasteiger charge is 2.14. The zero-order chi connectivity index (χ0) is 15.7. The zero-order valence-corrected chi connectivity index (χ0v) is 12.6. The molecule has 0 radical (unpaired) electrons. The number of anilines is 1. The SMILES string of the molecule is CC(C)CC(CN)CC(=O)Nc1ccc(OCC#N)cc1. The smallest absolute Gasteiger partial charge is 0.224 e. The normalized spacial score (nSPS) is 11.8. The first-order chi connectivity index (χ1) is 10.0. The molecule has 0 spiro atoms. The van der Waals surface area contributed by atoms with Crippen LogP contribution >= 0.6 is 0 Å². The van der Waals surface area contributed by atoms with Crippen molar-refractivity contribution in [1.82, 2.24) is 0 Å². The van der Waals surface area contributed by atoms with Gasteiger partial charge in [0, 0.05) is 12.1 Å². The Morgan fingerprint density at radius 3 is 2.57 bits per heavy atom. The summed E-state index contributed by atoms with van der Waals surface area (Å²) >= 11 is 0. The first-order valence-corrected chi connectivity index (χ1v) is 7.14. The number of nitrogens with two attached hydrogens (primary N) is 1. The van der Waals surface area contributed by atoms with Crippen molar-refractivity contribution in [3.8, 4) is 11.8 Å². The van der Waals surface area contributed by atoms with Crippen molar-refractivity contribution < 1.29 is 9.53 Å². The van der Waals surface area contributed by atoms with Crippen LogP contribution in [0, 0.1) is 23.2 Å². The van der Waals surface area contributed by atoms with Gasteiger partial charge in [-0.25, -0.2) is 0 Å². The fourth-order valence-corrected chi connectivity index (χ4v) is 2.15. The third-order valence-electron chi connectivity index (χ3n) is 3.05. The van der Waals surface area contributed by atoms with Gasteiger partial charge in [0.15, 0.2) is 6.61 Å². The monoisotopic (exact) mass is 289 g/mol. The van der Waals surface area contributed by atoms with Gasteiger partial charge in [-0.1, -0.05) is 13.8 Å². The third-order valence-corrected chi connectivity index (χ3v) is 3.05. The van der Waals surface area contributed by atoms with Crippen LogP contribution in [0.5, 0.6) is 5.75 Å². The molecule has 1 rings (SSSR count). The highest BCUT2D eigenvalue weighted by Crippen LogP contribution is 2.18. The second kappa shape index (κ2) is 8.98. The number of nitrogens with zero attached hydrogens (tertiary/aromatic N) is 1. The molecule has 0 bridgehead atoms. The molecule has 0 aliphatic rings. The molecule has 114 valence electrons. The Kier molecular flexibility index (Phi) is 7.27. The molecular formula is C16H23N3O2. The summed E-state index contributed by atoms with van der Waals surface area (Å²) in [4.78, 5) is 12.0. The van der Waals surface area contributed by atoms with Crippen LogP contribution in [0.2, 0.25) is 0 Å². The number of ether oxygens (including phenoxy) is 1. The molecule has 0 heterocycles. The maximum absolute atomic E-state index is 12.0. The summed E-state index contributed by atoms with van der Waals surface area (Å²) in [6.07, 6.45) is 1.38. The fraction of sp³-hybridized carbons (Fsp3) is 0.500. The van der Waals surface area contributed by atoms with Crippen LogP contribution < -0.4 is 15.8 Å². The summed E-state index contributed by atoms with van der Waals surface area (Å²) in [7, 11) is 0. The van der Waals surface area contributed by atoms with Crippen molar-refractivity contribution in [3.63, 3.8) is 0 Å². The van der Waals surface area contributed by atoms with Crippen LogP contribution in [0.3, 0.4) is 0 Å². The summed E-state index contributed by atoms with van der Waals surface area (Å²) in [6.45, 7) is 4.78. The van der Waals surface area contributed by atoms with Crippen LogP contribution in [-0.4, -0.2) is 19.1 Å². The Balaban J connectivity index is 2.48. The quantitative estimate of drug-likeness (QED) is 0.769. The Morgan fingerprint density at radius 2 is 2.05 bits per heavy atom. The molecule has 0 saturated heterocycles. The van der Waals surface area contributed by atoms with Crippen molar-refractivity contribution >= 4 is 11.6 Å². The van der Waals surface area contributed by atoms with Crippen LogP contribution in [0.4, 0.5) is 5.69 Å². The van der Waals surface area contributed by atoms with Crippen molar-refractivity contribution in [3.05, 3.63) is 24.3 Å². The molecule has 1 unspecified atom stereocenters. The van der Waals surface area contributed by atoms with E-state index in [1.54, 1.807) is 24.3 Å². The molecule has 1 atom stereocenters. The van der Waals surface area contributed by atoms with E-state index in [9.17, 15) is 4.79 Å². The minimum atomic E-state index is -0.0307. The average Bonchev–Trinajstić information content (AvgIpc) is 2.45. The lowest BCUT2D eigenvalue weighted by Gasteiger charge is -2.16.